The Bertz CT molecular complexity index is 386. The van der Waals surface area contributed by atoms with Crippen LogP contribution in [0.25, 0.3) is 0 Å². The average molecular weight is 218 g/mol. The molecule has 2 heteroatoms. The predicted molar refractivity (Wildman–Crippen MR) is 69.5 cm³/mol. The first kappa shape index (κ1) is 12.8. The fourth-order valence-electron chi connectivity index (χ4n) is 1.58. The van der Waals surface area contributed by atoms with E-state index in [9.17, 15) is 0 Å². The Morgan fingerprint density at radius 2 is 2.06 bits per heavy atom. The van der Waals surface area contributed by atoms with Gasteiger partial charge >= 0.3 is 0 Å². The van der Waals surface area contributed by atoms with Crippen molar-refractivity contribution in [1.82, 2.24) is 9.55 Å². The monoisotopic (exact) mass is 218 g/mol. The van der Waals surface area contributed by atoms with E-state index in [2.05, 4.69) is 49.2 Å². The molecule has 0 N–H and O–H groups in total. The standard InChI is InChI=1S/C14H22N2/c1-6-11(2)9-7-8-10-14-12(3)16(5)13(4)15-14/h6-8,11H,1,9-10H2,2-5H3/b8-7+. The lowest BCUT2D eigenvalue weighted by atomic mass is 10.1. The third-order valence-corrected chi connectivity index (χ3v) is 3.09. The first-order chi connectivity index (χ1) is 7.56. The highest BCUT2D eigenvalue weighted by Gasteiger charge is 2.05. The van der Waals surface area contributed by atoms with Crippen LogP contribution in [0.2, 0.25) is 0 Å². The van der Waals surface area contributed by atoms with Gasteiger partial charge in [-0.1, -0.05) is 25.2 Å². The highest BCUT2D eigenvalue weighted by Crippen LogP contribution is 2.10. The molecule has 1 unspecified atom stereocenters. The van der Waals surface area contributed by atoms with Gasteiger partial charge in [0.2, 0.25) is 0 Å². The lowest BCUT2D eigenvalue weighted by Crippen LogP contribution is -1.93. The van der Waals surface area contributed by atoms with Gasteiger partial charge in [-0.25, -0.2) is 4.98 Å². The molecule has 1 aromatic heterocycles. The topological polar surface area (TPSA) is 17.8 Å². The van der Waals surface area contributed by atoms with E-state index < -0.39 is 0 Å². The van der Waals surface area contributed by atoms with Crippen LogP contribution >= 0.6 is 0 Å². The summed E-state index contributed by atoms with van der Waals surface area (Å²) in [6.45, 7) is 10.1. The maximum absolute atomic E-state index is 4.54. The summed E-state index contributed by atoms with van der Waals surface area (Å²) in [4.78, 5) is 4.54. The normalized spacial score (nSPS) is 13.2. The van der Waals surface area contributed by atoms with Gasteiger partial charge in [0, 0.05) is 19.2 Å². The summed E-state index contributed by atoms with van der Waals surface area (Å²) < 4.78 is 2.13. The highest BCUT2D eigenvalue weighted by molar-refractivity contribution is 5.17. The van der Waals surface area contributed by atoms with Gasteiger partial charge in [0.05, 0.1) is 5.69 Å². The third-order valence-electron chi connectivity index (χ3n) is 3.09. The fourth-order valence-corrected chi connectivity index (χ4v) is 1.58. The maximum Gasteiger partial charge on any atom is 0.105 e. The zero-order chi connectivity index (χ0) is 12.1. The quantitative estimate of drug-likeness (QED) is 0.693. The maximum atomic E-state index is 4.54. The average Bonchev–Trinajstić information content (AvgIpc) is 2.52. The van der Waals surface area contributed by atoms with Gasteiger partial charge in [-0.15, -0.1) is 6.58 Å². The molecule has 1 atom stereocenters. The number of hydrogen-bond acceptors (Lipinski definition) is 1. The summed E-state index contributed by atoms with van der Waals surface area (Å²) in [6, 6.07) is 0. The predicted octanol–water partition coefficient (Wildman–Crippen LogP) is 3.35. The van der Waals surface area contributed by atoms with Gasteiger partial charge in [0.25, 0.3) is 0 Å². The summed E-state index contributed by atoms with van der Waals surface area (Å²) in [7, 11) is 2.06. The van der Waals surface area contributed by atoms with Crippen molar-refractivity contribution >= 4 is 0 Å². The summed E-state index contributed by atoms with van der Waals surface area (Å²) in [6.07, 6.45) is 8.40. The van der Waals surface area contributed by atoms with Crippen LogP contribution in [-0.4, -0.2) is 9.55 Å². The van der Waals surface area contributed by atoms with Crippen LogP contribution in [0.4, 0.5) is 0 Å². The second-order valence-electron chi connectivity index (χ2n) is 4.37. The molecule has 0 radical (unpaired) electrons. The minimum Gasteiger partial charge on any atom is -0.335 e. The van der Waals surface area contributed by atoms with Crippen LogP contribution in [0.1, 0.15) is 30.6 Å². The Hall–Kier alpha value is -1.31. The molecule has 0 aromatic carbocycles. The third kappa shape index (κ3) is 3.09. The number of imidazole rings is 1. The minimum absolute atomic E-state index is 0.558. The summed E-state index contributed by atoms with van der Waals surface area (Å²) >= 11 is 0. The van der Waals surface area contributed by atoms with Crippen molar-refractivity contribution in [3.63, 3.8) is 0 Å². The molecule has 1 rings (SSSR count). The SMILES string of the molecule is C=CC(C)C/C=C/Cc1nc(C)n(C)c1C. The lowest BCUT2D eigenvalue weighted by molar-refractivity contribution is 0.745. The largest absolute Gasteiger partial charge is 0.335 e. The minimum atomic E-state index is 0.558. The molecular weight excluding hydrogens is 196 g/mol. The molecule has 1 aromatic rings. The van der Waals surface area contributed by atoms with Crippen molar-refractivity contribution in [3.05, 3.63) is 42.0 Å². The number of aromatic nitrogens is 2. The van der Waals surface area contributed by atoms with Gasteiger partial charge in [-0.2, -0.15) is 0 Å². The van der Waals surface area contributed by atoms with E-state index in [4.69, 9.17) is 0 Å². The van der Waals surface area contributed by atoms with Crippen molar-refractivity contribution in [2.24, 2.45) is 13.0 Å². The molecular formula is C14H22N2. The number of allylic oxidation sites excluding steroid dienone is 3. The van der Waals surface area contributed by atoms with E-state index in [-0.39, 0.29) is 0 Å². The van der Waals surface area contributed by atoms with Gasteiger partial charge in [0.15, 0.2) is 0 Å². The molecule has 0 aliphatic heterocycles. The Balaban J connectivity index is 2.54. The highest BCUT2D eigenvalue weighted by atomic mass is 15.1. The molecule has 2 nitrogen and oxygen atoms in total. The lowest BCUT2D eigenvalue weighted by Gasteiger charge is -1.99. The van der Waals surface area contributed by atoms with Crippen LogP contribution in [0.15, 0.2) is 24.8 Å². The zero-order valence-corrected chi connectivity index (χ0v) is 10.8. The Kier molecular flexibility index (Phi) is 4.53. The number of nitrogens with zero attached hydrogens (tertiary/aromatic N) is 2. The Labute approximate surface area is 98.7 Å². The smallest absolute Gasteiger partial charge is 0.105 e. The second kappa shape index (κ2) is 5.69. The van der Waals surface area contributed by atoms with E-state index in [1.54, 1.807) is 0 Å². The van der Waals surface area contributed by atoms with E-state index in [0.29, 0.717) is 5.92 Å². The fraction of sp³-hybridized carbons (Fsp3) is 0.500. The molecule has 0 aliphatic rings. The van der Waals surface area contributed by atoms with Gasteiger partial charge in [0.1, 0.15) is 5.82 Å². The van der Waals surface area contributed by atoms with Crippen LogP contribution in [0.5, 0.6) is 0 Å². The summed E-state index contributed by atoms with van der Waals surface area (Å²) in [5, 5.41) is 0. The van der Waals surface area contributed by atoms with Gasteiger partial charge < -0.3 is 4.57 Å². The first-order valence-corrected chi connectivity index (χ1v) is 5.82. The second-order valence-corrected chi connectivity index (χ2v) is 4.37. The Morgan fingerprint density at radius 1 is 1.38 bits per heavy atom. The molecule has 16 heavy (non-hydrogen) atoms. The molecule has 0 saturated heterocycles. The van der Waals surface area contributed by atoms with Crippen LogP contribution < -0.4 is 0 Å². The molecule has 0 bridgehead atoms. The number of rotatable bonds is 5. The molecule has 0 amide bonds. The van der Waals surface area contributed by atoms with Gasteiger partial charge in [-0.3, -0.25) is 0 Å². The number of hydrogen-bond donors (Lipinski definition) is 0. The van der Waals surface area contributed by atoms with Crippen LogP contribution in [0.3, 0.4) is 0 Å². The van der Waals surface area contributed by atoms with Gasteiger partial charge in [-0.05, 0) is 26.2 Å². The molecule has 1 heterocycles. The van der Waals surface area contributed by atoms with Crippen molar-refractivity contribution in [2.45, 2.75) is 33.6 Å². The Morgan fingerprint density at radius 3 is 2.56 bits per heavy atom. The van der Waals surface area contributed by atoms with Crippen molar-refractivity contribution in [1.29, 1.82) is 0 Å². The van der Waals surface area contributed by atoms with Crippen molar-refractivity contribution in [3.8, 4) is 0 Å². The van der Waals surface area contributed by atoms with Crippen LogP contribution in [0, 0.1) is 19.8 Å². The molecule has 0 fully saturated rings. The van der Waals surface area contributed by atoms with E-state index in [0.717, 1.165) is 18.7 Å². The molecule has 0 aliphatic carbocycles. The summed E-state index contributed by atoms with van der Waals surface area (Å²) in [5.41, 5.74) is 2.45. The molecule has 0 saturated carbocycles. The van der Waals surface area contributed by atoms with E-state index in [1.807, 2.05) is 13.0 Å². The molecule has 88 valence electrons. The van der Waals surface area contributed by atoms with Crippen molar-refractivity contribution in [2.75, 3.05) is 0 Å². The van der Waals surface area contributed by atoms with E-state index >= 15 is 0 Å². The van der Waals surface area contributed by atoms with Crippen molar-refractivity contribution < 1.29 is 0 Å². The molecule has 0 spiro atoms. The zero-order valence-electron chi connectivity index (χ0n) is 10.8. The van der Waals surface area contributed by atoms with Crippen LogP contribution in [-0.2, 0) is 13.5 Å². The number of aryl methyl sites for hydroxylation is 1. The van der Waals surface area contributed by atoms with E-state index in [1.165, 1.54) is 11.4 Å². The summed E-state index contributed by atoms with van der Waals surface area (Å²) in [5.74, 6) is 1.64. The first-order valence-electron chi connectivity index (χ1n) is 5.82.